The first-order chi connectivity index (χ1) is 9.66. The second-order valence-corrected chi connectivity index (χ2v) is 8.14. The van der Waals surface area contributed by atoms with Crippen molar-refractivity contribution in [1.29, 1.82) is 0 Å². The summed E-state index contributed by atoms with van der Waals surface area (Å²) in [6, 6.07) is 0. The van der Waals surface area contributed by atoms with Crippen molar-refractivity contribution in [1.82, 2.24) is 14.7 Å². The smallest absolute Gasteiger partial charge is 0.411 e. The van der Waals surface area contributed by atoms with Crippen molar-refractivity contribution in [2.24, 2.45) is 5.73 Å². The van der Waals surface area contributed by atoms with E-state index in [2.05, 4.69) is 99.4 Å². The Labute approximate surface area is 194 Å². The van der Waals surface area contributed by atoms with Crippen LogP contribution in [0.15, 0.2) is 0 Å². The number of thiocarbonyl (C=S) groups is 4. The molecular weight excluding hydrogens is 489 g/mol. The first-order valence-electron chi connectivity index (χ1n) is 5.30. The van der Waals surface area contributed by atoms with E-state index in [9.17, 15) is 0 Å². The van der Waals surface area contributed by atoms with E-state index in [-0.39, 0.29) is 21.4 Å². The van der Waals surface area contributed by atoms with Crippen LogP contribution in [0.5, 0.6) is 0 Å². The molecule has 0 atom stereocenters. The van der Waals surface area contributed by atoms with Crippen LogP contribution in [0, 0.1) is 0 Å². The van der Waals surface area contributed by atoms with E-state index in [0.717, 1.165) is 0 Å². The molecule has 0 rings (SSSR count). The molecule has 13 heteroatoms. The third kappa shape index (κ3) is 59.9. The summed E-state index contributed by atoms with van der Waals surface area (Å²) in [6.07, 6.45) is 0. The average Bonchev–Trinajstić information content (AvgIpc) is 2.29. The van der Waals surface area contributed by atoms with Crippen molar-refractivity contribution in [3.05, 3.63) is 0 Å². The predicted molar refractivity (Wildman–Crippen MR) is 127 cm³/mol. The van der Waals surface area contributed by atoms with E-state index >= 15 is 0 Å². The molecule has 23 heavy (non-hydrogen) atoms. The molecule has 0 heterocycles. The molecule has 137 valence electrons. The van der Waals surface area contributed by atoms with Crippen molar-refractivity contribution in [2.45, 2.75) is 0 Å². The summed E-state index contributed by atoms with van der Waals surface area (Å²) in [4.78, 5) is 5.14. The first kappa shape index (κ1) is 35.2. The molecule has 0 aromatic rings. The molecule has 0 unspecified atom stereocenters. The van der Waals surface area contributed by atoms with E-state index in [4.69, 9.17) is 5.73 Å². The van der Waals surface area contributed by atoms with Crippen LogP contribution >= 0.6 is 61.5 Å². The molecule has 0 bridgehead atoms. The summed E-state index contributed by atoms with van der Waals surface area (Å²) in [5, 5.41) is 0. The fraction of sp³-hybridized carbons (Fsp3) is 0.600. The van der Waals surface area contributed by atoms with Gasteiger partial charge in [0.05, 0.1) is 0 Å². The number of thiol groups is 1. The van der Waals surface area contributed by atoms with Gasteiger partial charge in [-0.25, -0.2) is 0 Å². The van der Waals surface area contributed by atoms with Gasteiger partial charge < -0.3 is 95.0 Å². The molecule has 4 nitrogen and oxygen atoms in total. The van der Waals surface area contributed by atoms with E-state index in [1.165, 1.54) is 0 Å². The third-order valence-corrected chi connectivity index (χ3v) is 3.29. The molecule has 1 radical (unpaired) electrons. The minimum atomic E-state index is 0. The van der Waals surface area contributed by atoms with Crippen molar-refractivity contribution in [2.75, 3.05) is 42.3 Å². The molecule has 0 spiro atoms. The van der Waals surface area contributed by atoms with Crippen LogP contribution in [0.2, 0.25) is 0 Å². The van der Waals surface area contributed by atoms with E-state index in [1.54, 1.807) is 14.7 Å². The van der Waals surface area contributed by atoms with Gasteiger partial charge in [0, 0.05) is 42.3 Å². The maximum atomic E-state index is 4.71. The molecule has 0 fully saturated rings. The Hall–Kier alpha value is 1.09. The standard InChI is InChI=1S/3C3H7NS2.CH3NS2.Fe/c3*1-4(2)3(5)6;2-1(3)4;/h3*1-2H3,(H,5,6);(H3,2,3,4);/q;;;;+3/p-3. The van der Waals surface area contributed by atoms with Crippen molar-refractivity contribution < 1.29 is 17.1 Å². The SMILES string of the molecule is CN(C)C(=S)[S-].CN(C)C(=S)[S-].CN(C)C(=S)[S-].NC(=S)S.[Fe+3]. The quantitative estimate of drug-likeness (QED) is 0.215. The maximum Gasteiger partial charge on any atom is 3.00 e. The number of hydrogen-bond acceptors (Lipinski definition) is 7. The summed E-state index contributed by atoms with van der Waals surface area (Å²) in [5.41, 5.74) is 4.71. The van der Waals surface area contributed by atoms with Gasteiger partial charge in [0.15, 0.2) is 0 Å². The van der Waals surface area contributed by atoms with Gasteiger partial charge in [0.1, 0.15) is 4.32 Å². The Morgan fingerprint density at radius 2 is 0.739 bits per heavy atom. The monoisotopic (exact) mass is 509 g/mol. The minimum absolute atomic E-state index is 0. The summed E-state index contributed by atoms with van der Waals surface area (Å²) in [7, 11) is 11.0. The first-order valence-corrected chi connectivity index (χ1v) is 8.60. The van der Waals surface area contributed by atoms with E-state index in [1.807, 2.05) is 42.3 Å². The summed E-state index contributed by atoms with van der Waals surface area (Å²) >= 11 is 35.0. The van der Waals surface area contributed by atoms with Gasteiger partial charge >= 0.3 is 17.1 Å². The van der Waals surface area contributed by atoms with Crippen molar-refractivity contribution in [3.8, 4) is 0 Å². The van der Waals surface area contributed by atoms with Gasteiger partial charge in [-0.3, -0.25) is 0 Å². The maximum absolute atomic E-state index is 4.71. The van der Waals surface area contributed by atoms with Crippen LogP contribution in [0.4, 0.5) is 0 Å². The molecule has 0 amide bonds. The largest absolute Gasteiger partial charge is 3.00 e. The Kier molecular flexibility index (Phi) is 35.4. The average molecular weight is 510 g/mol. The molecular formula is C10H21FeN4S8. The molecule has 0 aromatic carbocycles. The second-order valence-electron chi connectivity index (χ2n) is 3.82. The zero-order valence-electron chi connectivity index (χ0n) is 13.6. The van der Waals surface area contributed by atoms with E-state index < -0.39 is 0 Å². The van der Waals surface area contributed by atoms with Gasteiger partial charge in [0.25, 0.3) is 0 Å². The molecule has 2 N–H and O–H groups in total. The topological polar surface area (TPSA) is 35.7 Å². The van der Waals surface area contributed by atoms with Gasteiger partial charge in [-0.15, -0.1) is 12.6 Å². The van der Waals surface area contributed by atoms with Crippen LogP contribution in [-0.4, -0.2) is 74.3 Å². The predicted octanol–water partition coefficient (Wildman–Crippen LogP) is 1.30. The summed E-state index contributed by atoms with van der Waals surface area (Å²) in [5.74, 6) is 0. The number of rotatable bonds is 0. The van der Waals surface area contributed by atoms with Crippen LogP contribution in [-0.2, 0) is 55.0 Å². The third-order valence-electron chi connectivity index (χ3n) is 1.10. The normalized spacial score (nSPS) is 7.09. The van der Waals surface area contributed by atoms with Gasteiger partial charge in [-0.1, -0.05) is 25.2 Å². The second kappa shape index (κ2) is 23.1. The van der Waals surface area contributed by atoms with Crippen LogP contribution in [0.3, 0.4) is 0 Å². The Bertz CT molecular complexity index is 303. The van der Waals surface area contributed by atoms with Gasteiger partial charge in [-0.05, 0) is 0 Å². The molecule has 0 aliphatic rings. The number of nitrogens with zero attached hydrogens (tertiary/aromatic N) is 3. The van der Waals surface area contributed by atoms with E-state index in [0.29, 0.717) is 13.0 Å². The molecule has 0 saturated heterocycles. The zero-order valence-corrected chi connectivity index (χ0v) is 21.3. The molecule has 0 aliphatic carbocycles. The minimum Gasteiger partial charge on any atom is -0.411 e. The van der Waals surface area contributed by atoms with Crippen molar-refractivity contribution in [3.63, 3.8) is 0 Å². The van der Waals surface area contributed by atoms with Crippen LogP contribution in [0.1, 0.15) is 0 Å². The fourth-order valence-corrected chi connectivity index (χ4v) is 0. The van der Waals surface area contributed by atoms with Crippen LogP contribution in [0.25, 0.3) is 0 Å². The number of hydrogen-bond donors (Lipinski definition) is 2. The Morgan fingerprint density at radius 3 is 0.739 bits per heavy atom. The summed E-state index contributed by atoms with van der Waals surface area (Å²) in [6.45, 7) is 0. The zero-order chi connectivity index (χ0) is 19.0. The Balaban J connectivity index is -0.0000000624. The Morgan fingerprint density at radius 1 is 0.696 bits per heavy atom. The molecule has 0 aromatic heterocycles. The van der Waals surface area contributed by atoms with Crippen LogP contribution < -0.4 is 5.73 Å². The fourth-order valence-electron chi connectivity index (χ4n) is 0. The van der Waals surface area contributed by atoms with Gasteiger partial charge in [-0.2, -0.15) is 0 Å². The van der Waals surface area contributed by atoms with Crippen molar-refractivity contribution >= 4 is 117 Å². The molecule has 0 aliphatic heterocycles. The summed E-state index contributed by atoms with van der Waals surface area (Å²) < 4.78 is 1.72. The van der Waals surface area contributed by atoms with Gasteiger partial charge in [0.2, 0.25) is 0 Å². The molecule has 0 saturated carbocycles. The number of nitrogens with two attached hydrogens (primary N) is 1.